The zero-order chi connectivity index (χ0) is 23.3. The van der Waals surface area contributed by atoms with Gasteiger partial charge in [0.1, 0.15) is 12.4 Å². The zero-order valence-electron chi connectivity index (χ0n) is 19.2. The van der Waals surface area contributed by atoms with Crippen LogP contribution in [0.4, 0.5) is 0 Å². The maximum Gasteiger partial charge on any atom is 0.306 e. The number of hydrogen-bond donors (Lipinski definition) is 0. The lowest BCUT2D eigenvalue weighted by Gasteiger charge is -2.18. The molecule has 7 nitrogen and oxygen atoms in total. The SMILES string of the molecule is CCN(CC)S(=O)(=O)c1ccc2c(c1)nc(CCC(=O)OCc1cccc(C)c1)n2CC. The highest BCUT2D eigenvalue weighted by molar-refractivity contribution is 7.89. The number of rotatable bonds is 10. The van der Waals surface area contributed by atoms with Crippen LogP contribution in [-0.2, 0) is 39.1 Å². The monoisotopic (exact) mass is 457 g/mol. The van der Waals surface area contributed by atoms with Gasteiger partial charge in [-0.3, -0.25) is 4.79 Å². The lowest BCUT2D eigenvalue weighted by atomic mass is 10.1. The highest BCUT2D eigenvalue weighted by atomic mass is 32.2. The van der Waals surface area contributed by atoms with E-state index in [1.165, 1.54) is 4.31 Å². The molecule has 32 heavy (non-hydrogen) atoms. The zero-order valence-corrected chi connectivity index (χ0v) is 20.0. The topological polar surface area (TPSA) is 81.5 Å². The van der Waals surface area contributed by atoms with E-state index in [-0.39, 0.29) is 23.9 Å². The molecular formula is C24H31N3O4S. The Balaban J connectivity index is 1.74. The quantitative estimate of drug-likeness (QED) is 0.429. The fraction of sp³-hybridized carbons (Fsp3) is 0.417. The molecule has 172 valence electrons. The first-order valence-corrected chi connectivity index (χ1v) is 12.4. The summed E-state index contributed by atoms with van der Waals surface area (Å²) in [6.45, 7) is 9.39. The van der Waals surface area contributed by atoms with Crippen molar-refractivity contribution in [3.05, 3.63) is 59.4 Å². The first-order valence-electron chi connectivity index (χ1n) is 11.0. The molecule has 0 bridgehead atoms. The summed E-state index contributed by atoms with van der Waals surface area (Å²) in [6, 6.07) is 12.9. The number of hydrogen-bond acceptors (Lipinski definition) is 5. The number of nitrogens with zero attached hydrogens (tertiary/aromatic N) is 3. The van der Waals surface area contributed by atoms with E-state index < -0.39 is 10.0 Å². The second-order valence-corrected chi connectivity index (χ2v) is 9.60. The second-order valence-electron chi connectivity index (χ2n) is 7.66. The van der Waals surface area contributed by atoms with Crippen LogP contribution in [0.1, 0.15) is 44.1 Å². The number of carbonyl (C=O) groups excluding carboxylic acids is 1. The molecule has 0 saturated carbocycles. The van der Waals surface area contributed by atoms with E-state index in [9.17, 15) is 13.2 Å². The Hall–Kier alpha value is -2.71. The highest BCUT2D eigenvalue weighted by Gasteiger charge is 2.23. The van der Waals surface area contributed by atoms with Crippen molar-refractivity contribution in [2.24, 2.45) is 0 Å². The standard InChI is InChI=1S/C24H31N3O4S/c1-5-26(6-2)32(29,30)20-11-12-22-21(16-20)25-23(27(22)7-3)13-14-24(28)31-17-19-10-8-9-18(4)15-19/h8-12,15-16H,5-7,13-14,17H2,1-4H3. The average Bonchev–Trinajstić information content (AvgIpc) is 3.13. The van der Waals surface area contributed by atoms with Crippen LogP contribution in [0, 0.1) is 6.92 Å². The highest BCUT2D eigenvalue weighted by Crippen LogP contribution is 2.23. The smallest absolute Gasteiger partial charge is 0.306 e. The lowest BCUT2D eigenvalue weighted by molar-refractivity contribution is -0.144. The molecule has 1 heterocycles. The number of imidazole rings is 1. The Morgan fingerprint density at radius 3 is 2.50 bits per heavy atom. The molecule has 0 radical (unpaired) electrons. The number of aryl methyl sites for hydroxylation is 3. The predicted molar refractivity (Wildman–Crippen MR) is 125 cm³/mol. The number of esters is 1. The maximum absolute atomic E-state index is 12.9. The van der Waals surface area contributed by atoms with Crippen molar-refractivity contribution >= 4 is 27.0 Å². The first-order chi connectivity index (χ1) is 15.3. The number of carbonyl (C=O) groups is 1. The van der Waals surface area contributed by atoms with E-state index in [2.05, 4.69) is 4.98 Å². The van der Waals surface area contributed by atoms with E-state index in [4.69, 9.17) is 4.74 Å². The van der Waals surface area contributed by atoms with Gasteiger partial charge in [-0.25, -0.2) is 13.4 Å². The van der Waals surface area contributed by atoms with Crippen molar-refractivity contribution in [1.82, 2.24) is 13.9 Å². The molecule has 8 heteroatoms. The van der Waals surface area contributed by atoms with Crippen LogP contribution in [0.25, 0.3) is 11.0 Å². The predicted octanol–water partition coefficient (Wildman–Crippen LogP) is 4.07. The molecule has 0 aliphatic heterocycles. The largest absolute Gasteiger partial charge is 0.461 e. The molecule has 0 unspecified atom stereocenters. The molecular weight excluding hydrogens is 426 g/mol. The third kappa shape index (κ3) is 5.19. The number of aromatic nitrogens is 2. The van der Waals surface area contributed by atoms with Crippen molar-refractivity contribution in [1.29, 1.82) is 0 Å². The van der Waals surface area contributed by atoms with Gasteiger partial charge in [-0.1, -0.05) is 43.7 Å². The van der Waals surface area contributed by atoms with Crippen molar-refractivity contribution in [3.8, 4) is 0 Å². The molecule has 0 aliphatic carbocycles. The lowest BCUT2D eigenvalue weighted by Crippen LogP contribution is -2.30. The van der Waals surface area contributed by atoms with Gasteiger partial charge in [-0.2, -0.15) is 4.31 Å². The number of sulfonamides is 1. The van der Waals surface area contributed by atoms with Crippen LogP contribution >= 0.6 is 0 Å². The van der Waals surface area contributed by atoms with Crippen molar-refractivity contribution in [3.63, 3.8) is 0 Å². The van der Waals surface area contributed by atoms with Gasteiger partial charge in [-0.15, -0.1) is 0 Å². The molecule has 0 spiro atoms. The van der Waals surface area contributed by atoms with Crippen molar-refractivity contribution in [2.45, 2.75) is 58.6 Å². The summed E-state index contributed by atoms with van der Waals surface area (Å²) in [5.41, 5.74) is 3.55. The number of benzene rings is 2. The summed E-state index contributed by atoms with van der Waals surface area (Å²) in [6.07, 6.45) is 0.632. The van der Waals surface area contributed by atoms with Crippen LogP contribution in [0.5, 0.6) is 0 Å². The summed E-state index contributed by atoms with van der Waals surface area (Å²) in [5, 5.41) is 0. The van der Waals surface area contributed by atoms with E-state index in [1.54, 1.807) is 18.2 Å². The summed E-state index contributed by atoms with van der Waals surface area (Å²) in [4.78, 5) is 17.1. The normalized spacial score (nSPS) is 11.9. The number of fused-ring (bicyclic) bond motifs is 1. The van der Waals surface area contributed by atoms with E-state index in [1.807, 2.05) is 56.5 Å². The second kappa shape index (κ2) is 10.3. The Labute approximate surface area is 190 Å². The molecule has 0 aliphatic rings. The Bertz CT molecular complexity index is 1200. The molecule has 1 aromatic heterocycles. The molecule has 0 N–H and O–H groups in total. The van der Waals surface area contributed by atoms with Crippen LogP contribution in [0.3, 0.4) is 0 Å². The minimum absolute atomic E-state index is 0.208. The Morgan fingerprint density at radius 2 is 1.84 bits per heavy atom. The number of ether oxygens (including phenoxy) is 1. The molecule has 3 aromatic rings. The average molecular weight is 458 g/mol. The van der Waals surface area contributed by atoms with Crippen LogP contribution in [0.15, 0.2) is 47.4 Å². The third-order valence-corrected chi connectivity index (χ3v) is 7.54. The molecule has 0 atom stereocenters. The molecule has 2 aromatic carbocycles. The molecule has 0 amide bonds. The van der Waals surface area contributed by atoms with Crippen molar-refractivity contribution < 1.29 is 17.9 Å². The Morgan fingerprint density at radius 1 is 1.09 bits per heavy atom. The minimum Gasteiger partial charge on any atom is -0.461 e. The molecule has 3 rings (SSSR count). The van der Waals surface area contributed by atoms with Gasteiger partial charge >= 0.3 is 5.97 Å². The van der Waals surface area contributed by atoms with Gasteiger partial charge in [0.05, 0.1) is 22.3 Å². The van der Waals surface area contributed by atoms with Crippen LogP contribution in [-0.4, -0.2) is 41.3 Å². The molecule has 0 saturated heterocycles. The summed E-state index contributed by atoms with van der Waals surface area (Å²) >= 11 is 0. The first kappa shape index (κ1) is 23.9. The van der Waals surface area contributed by atoms with Gasteiger partial charge in [-0.05, 0) is 37.6 Å². The van der Waals surface area contributed by atoms with E-state index in [0.717, 1.165) is 22.5 Å². The molecule has 0 fully saturated rings. The van der Waals surface area contributed by atoms with Crippen LogP contribution in [0.2, 0.25) is 0 Å². The van der Waals surface area contributed by atoms with E-state index >= 15 is 0 Å². The maximum atomic E-state index is 12.9. The third-order valence-electron chi connectivity index (χ3n) is 5.49. The summed E-state index contributed by atoms with van der Waals surface area (Å²) in [5.74, 6) is 0.457. The summed E-state index contributed by atoms with van der Waals surface area (Å²) in [7, 11) is -3.56. The van der Waals surface area contributed by atoms with Gasteiger partial charge in [0.2, 0.25) is 10.0 Å². The van der Waals surface area contributed by atoms with E-state index in [0.29, 0.717) is 31.6 Å². The Kier molecular flexibility index (Phi) is 7.69. The minimum atomic E-state index is -3.56. The van der Waals surface area contributed by atoms with Gasteiger partial charge in [0.25, 0.3) is 0 Å². The van der Waals surface area contributed by atoms with Crippen molar-refractivity contribution in [2.75, 3.05) is 13.1 Å². The van der Waals surface area contributed by atoms with Gasteiger partial charge < -0.3 is 9.30 Å². The fourth-order valence-electron chi connectivity index (χ4n) is 3.83. The van der Waals surface area contributed by atoms with Gasteiger partial charge in [0.15, 0.2) is 0 Å². The fourth-order valence-corrected chi connectivity index (χ4v) is 5.31. The van der Waals surface area contributed by atoms with Crippen LogP contribution < -0.4 is 0 Å². The van der Waals surface area contributed by atoms with Gasteiger partial charge in [0, 0.05) is 26.1 Å². The summed E-state index contributed by atoms with van der Waals surface area (Å²) < 4.78 is 34.6.